The van der Waals surface area contributed by atoms with E-state index in [2.05, 4.69) is 6.08 Å². The maximum absolute atomic E-state index is 13.5. The summed E-state index contributed by atoms with van der Waals surface area (Å²) in [7, 11) is 3.23. The number of halogens is 1. The SMILES string of the molecule is COc1ccc(C=C2CCCC3C2=NN(C(=O)COC(=O)c2cccc(F)c2)C3c2ccc(OC)cc2)cc1. The topological polar surface area (TPSA) is 77.4 Å². The third-order valence-electron chi connectivity index (χ3n) is 7.06. The van der Waals surface area contributed by atoms with E-state index in [4.69, 9.17) is 19.3 Å². The first kappa shape index (κ1) is 26.2. The number of amides is 1. The molecule has 2 atom stereocenters. The van der Waals surface area contributed by atoms with E-state index in [1.165, 1.54) is 23.2 Å². The van der Waals surface area contributed by atoms with Crippen molar-refractivity contribution >= 4 is 23.7 Å². The molecule has 1 aliphatic carbocycles. The number of hydrogen-bond acceptors (Lipinski definition) is 6. The standard InChI is InChI=1S/C31H29FN2O5/c1-37-25-13-9-20(10-14-25)17-22-5-4-8-27-29(22)33-34(30(27)21-11-15-26(38-2)16-12-21)28(35)19-39-31(36)23-6-3-7-24(32)18-23/h3,6-7,9-18,27,30H,4-5,8,19H2,1-2H3. The van der Waals surface area contributed by atoms with Crippen molar-refractivity contribution in [1.82, 2.24) is 5.01 Å². The Morgan fingerprint density at radius 1 is 1.00 bits per heavy atom. The first-order valence-electron chi connectivity index (χ1n) is 12.8. The number of esters is 1. The highest BCUT2D eigenvalue weighted by molar-refractivity contribution is 6.08. The molecule has 0 radical (unpaired) electrons. The van der Waals surface area contributed by atoms with Crippen molar-refractivity contribution in [3.63, 3.8) is 0 Å². The summed E-state index contributed by atoms with van der Waals surface area (Å²) in [5, 5.41) is 6.25. The van der Waals surface area contributed by atoms with Gasteiger partial charge < -0.3 is 14.2 Å². The second kappa shape index (κ2) is 11.5. The molecule has 0 bridgehead atoms. The predicted molar refractivity (Wildman–Crippen MR) is 145 cm³/mol. The van der Waals surface area contributed by atoms with Crippen molar-refractivity contribution in [3.8, 4) is 11.5 Å². The molecule has 1 heterocycles. The lowest BCUT2D eigenvalue weighted by Crippen LogP contribution is -2.34. The lowest BCUT2D eigenvalue weighted by molar-refractivity contribution is -0.137. The maximum Gasteiger partial charge on any atom is 0.338 e. The predicted octanol–water partition coefficient (Wildman–Crippen LogP) is 5.82. The summed E-state index contributed by atoms with van der Waals surface area (Å²) in [4.78, 5) is 25.9. The summed E-state index contributed by atoms with van der Waals surface area (Å²) < 4.78 is 29.4. The molecule has 2 unspecified atom stereocenters. The molecule has 1 aliphatic heterocycles. The Balaban J connectivity index is 1.43. The van der Waals surface area contributed by atoms with Gasteiger partial charge in [-0.2, -0.15) is 5.10 Å². The van der Waals surface area contributed by atoms with Crippen molar-refractivity contribution in [1.29, 1.82) is 0 Å². The number of nitrogens with zero attached hydrogens (tertiary/aromatic N) is 2. The van der Waals surface area contributed by atoms with Crippen LogP contribution < -0.4 is 9.47 Å². The number of carbonyl (C=O) groups is 2. The summed E-state index contributed by atoms with van der Waals surface area (Å²) in [5.74, 6) is -0.301. The fourth-order valence-corrected chi connectivity index (χ4v) is 5.13. The van der Waals surface area contributed by atoms with Crippen molar-refractivity contribution < 1.29 is 28.2 Å². The van der Waals surface area contributed by atoms with Gasteiger partial charge in [-0.3, -0.25) is 4.79 Å². The molecule has 39 heavy (non-hydrogen) atoms. The van der Waals surface area contributed by atoms with Crippen molar-refractivity contribution in [2.75, 3.05) is 20.8 Å². The van der Waals surface area contributed by atoms with Gasteiger partial charge in [-0.25, -0.2) is 14.2 Å². The molecule has 3 aromatic carbocycles. The lowest BCUT2D eigenvalue weighted by Gasteiger charge is -2.29. The van der Waals surface area contributed by atoms with Crippen LogP contribution in [0.1, 0.15) is 46.8 Å². The minimum atomic E-state index is -0.770. The Bertz CT molecular complexity index is 1420. The largest absolute Gasteiger partial charge is 0.497 e. The smallest absolute Gasteiger partial charge is 0.338 e. The van der Waals surface area contributed by atoms with Gasteiger partial charge in [-0.1, -0.05) is 30.3 Å². The number of rotatable bonds is 7. The Labute approximate surface area is 226 Å². The third-order valence-corrected chi connectivity index (χ3v) is 7.06. The minimum Gasteiger partial charge on any atom is -0.497 e. The van der Waals surface area contributed by atoms with Crippen molar-refractivity contribution in [2.24, 2.45) is 11.0 Å². The van der Waals surface area contributed by atoms with E-state index in [0.717, 1.165) is 53.5 Å². The first-order valence-corrected chi connectivity index (χ1v) is 12.8. The zero-order chi connectivity index (χ0) is 27.4. The van der Waals surface area contributed by atoms with Crippen molar-refractivity contribution in [2.45, 2.75) is 25.3 Å². The molecule has 1 amide bonds. The number of benzene rings is 3. The van der Waals surface area contributed by atoms with E-state index in [1.54, 1.807) is 14.2 Å². The molecule has 0 aromatic heterocycles. The average molecular weight is 529 g/mol. The fourth-order valence-electron chi connectivity index (χ4n) is 5.13. The molecule has 5 rings (SSSR count). The van der Waals surface area contributed by atoms with Crippen LogP contribution in [0.2, 0.25) is 0 Å². The number of methoxy groups -OCH3 is 2. The van der Waals surface area contributed by atoms with Gasteiger partial charge in [0.05, 0.1) is 31.5 Å². The number of fused-ring (bicyclic) bond motifs is 1. The van der Waals surface area contributed by atoms with E-state index < -0.39 is 24.3 Å². The molecule has 0 saturated heterocycles. The third kappa shape index (κ3) is 5.70. The number of carbonyl (C=O) groups excluding carboxylic acids is 2. The summed E-state index contributed by atoms with van der Waals surface area (Å²) in [5.41, 5.74) is 3.91. The summed E-state index contributed by atoms with van der Waals surface area (Å²) in [6, 6.07) is 20.2. The lowest BCUT2D eigenvalue weighted by atomic mass is 9.77. The average Bonchev–Trinajstić information content (AvgIpc) is 3.37. The number of allylic oxidation sites excluding steroid dienone is 1. The van der Waals surface area contributed by atoms with E-state index in [0.29, 0.717) is 5.75 Å². The highest BCUT2D eigenvalue weighted by Gasteiger charge is 2.43. The fraction of sp³-hybridized carbons (Fsp3) is 0.258. The molecule has 1 saturated carbocycles. The van der Waals surface area contributed by atoms with Crippen LogP contribution in [0.4, 0.5) is 4.39 Å². The van der Waals surface area contributed by atoms with Crippen LogP contribution in [0, 0.1) is 11.7 Å². The Hall–Kier alpha value is -4.46. The van der Waals surface area contributed by atoms with E-state index in [-0.39, 0.29) is 17.5 Å². The molecule has 0 spiro atoms. The zero-order valence-electron chi connectivity index (χ0n) is 21.8. The van der Waals surface area contributed by atoms with Crippen molar-refractivity contribution in [3.05, 3.63) is 101 Å². The molecule has 200 valence electrons. The number of ether oxygens (including phenoxy) is 3. The van der Waals surface area contributed by atoms with E-state index in [1.807, 2.05) is 48.5 Å². The molecule has 8 heteroatoms. The van der Waals surface area contributed by atoms with Crippen LogP contribution >= 0.6 is 0 Å². The van der Waals surface area contributed by atoms with Crippen LogP contribution in [0.5, 0.6) is 11.5 Å². The molecule has 7 nitrogen and oxygen atoms in total. The van der Waals surface area contributed by atoms with E-state index >= 15 is 0 Å². The summed E-state index contributed by atoms with van der Waals surface area (Å²) >= 11 is 0. The second-order valence-corrected chi connectivity index (χ2v) is 9.47. The maximum atomic E-state index is 13.5. The highest BCUT2D eigenvalue weighted by atomic mass is 19.1. The molecular formula is C31H29FN2O5. The van der Waals surface area contributed by atoms with Crippen LogP contribution in [-0.2, 0) is 9.53 Å². The van der Waals surface area contributed by atoms with Gasteiger partial charge in [0.1, 0.15) is 17.3 Å². The van der Waals surface area contributed by atoms with Gasteiger partial charge in [0, 0.05) is 5.92 Å². The Morgan fingerprint density at radius 2 is 1.69 bits per heavy atom. The van der Waals surface area contributed by atoms with Crippen LogP contribution in [-0.4, -0.2) is 43.4 Å². The quantitative estimate of drug-likeness (QED) is 0.361. The van der Waals surface area contributed by atoms with Gasteiger partial charge in [-0.15, -0.1) is 0 Å². The number of hydrogen-bond donors (Lipinski definition) is 0. The Morgan fingerprint density at radius 3 is 2.36 bits per heavy atom. The molecule has 2 aliphatic rings. The van der Waals surface area contributed by atoms with Crippen LogP contribution in [0.25, 0.3) is 6.08 Å². The van der Waals surface area contributed by atoms with Gasteiger partial charge in [0.15, 0.2) is 6.61 Å². The van der Waals surface area contributed by atoms with E-state index in [9.17, 15) is 14.0 Å². The zero-order valence-corrected chi connectivity index (χ0v) is 21.8. The number of hydrazone groups is 1. The molecule has 1 fully saturated rings. The van der Waals surface area contributed by atoms with Crippen LogP contribution in [0.3, 0.4) is 0 Å². The van der Waals surface area contributed by atoms with Crippen LogP contribution in [0.15, 0.2) is 83.5 Å². The molecule has 0 N–H and O–H groups in total. The minimum absolute atomic E-state index is 0.0143. The second-order valence-electron chi connectivity index (χ2n) is 9.47. The molecular weight excluding hydrogens is 499 g/mol. The highest BCUT2D eigenvalue weighted by Crippen LogP contribution is 2.44. The Kier molecular flexibility index (Phi) is 7.72. The summed E-state index contributed by atoms with van der Waals surface area (Å²) in [6.07, 6.45) is 4.76. The first-order chi connectivity index (χ1) is 19.0. The van der Waals surface area contributed by atoms with Gasteiger partial charge >= 0.3 is 5.97 Å². The van der Waals surface area contributed by atoms with Gasteiger partial charge in [-0.05, 0) is 84.5 Å². The normalized spacial score (nSPS) is 19.3. The monoisotopic (exact) mass is 528 g/mol. The van der Waals surface area contributed by atoms with Gasteiger partial charge in [0.2, 0.25) is 0 Å². The summed E-state index contributed by atoms with van der Waals surface area (Å²) in [6.45, 7) is -0.511. The molecule has 3 aromatic rings. The van der Waals surface area contributed by atoms with Gasteiger partial charge in [0.25, 0.3) is 5.91 Å².